The van der Waals surface area contributed by atoms with Crippen molar-refractivity contribution in [2.24, 2.45) is 0 Å². The number of alkyl carbamates (subject to hydrolysis) is 1. The number of rotatable bonds is 5. The van der Waals surface area contributed by atoms with Crippen molar-refractivity contribution >= 4 is 6.09 Å². The number of pyridine rings is 2. The summed E-state index contributed by atoms with van der Waals surface area (Å²) < 4.78 is 16.5. The number of phenolic OH excluding ortho intramolecular Hbond substituents is 1. The van der Waals surface area contributed by atoms with Crippen LogP contribution in [0.5, 0.6) is 17.2 Å². The quantitative estimate of drug-likeness (QED) is 0.546. The van der Waals surface area contributed by atoms with Gasteiger partial charge in [-0.3, -0.25) is 14.9 Å². The molecule has 0 spiro atoms. The maximum atomic E-state index is 12.3. The number of amides is 1. The lowest BCUT2D eigenvalue weighted by atomic mass is 9.96. The molecule has 1 saturated heterocycles. The van der Waals surface area contributed by atoms with Gasteiger partial charge in [-0.05, 0) is 57.0 Å². The number of aromatic nitrogens is 2. The van der Waals surface area contributed by atoms with Crippen LogP contribution in [0.1, 0.15) is 44.4 Å². The Morgan fingerprint density at radius 3 is 2.61 bits per heavy atom. The third kappa shape index (κ3) is 5.21. The van der Waals surface area contributed by atoms with Gasteiger partial charge in [-0.25, -0.2) is 4.79 Å². The van der Waals surface area contributed by atoms with Crippen LogP contribution < -0.4 is 14.8 Å². The van der Waals surface area contributed by atoms with Crippen LogP contribution in [-0.2, 0) is 4.74 Å². The van der Waals surface area contributed by atoms with Gasteiger partial charge in [0.15, 0.2) is 11.5 Å². The summed E-state index contributed by atoms with van der Waals surface area (Å²) in [7, 11) is 0. The molecule has 0 radical (unpaired) electrons. The van der Waals surface area contributed by atoms with E-state index in [0.29, 0.717) is 30.2 Å². The second-order valence-electron chi connectivity index (χ2n) is 10.0. The van der Waals surface area contributed by atoms with Gasteiger partial charge in [-0.2, -0.15) is 0 Å². The number of hydrogen-bond donors (Lipinski definition) is 2. The molecular formula is C27H30N4O5. The van der Waals surface area contributed by atoms with Crippen LogP contribution in [0.15, 0.2) is 55.0 Å². The molecule has 4 heterocycles. The molecule has 9 nitrogen and oxygen atoms in total. The van der Waals surface area contributed by atoms with E-state index in [4.69, 9.17) is 19.2 Å². The smallest absolute Gasteiger partial charge is 0.407 e. The van der Waals surface area contributed by atoms with Gasteiger partial charge in [0, 0.05) is 54.9 Å². The molecule has 36 heavy (non-hydrogen) atoms. The number of phenols is 1. The number of aromatic hydroxyl groups is 1. The molecule has 0 aliphatic carbocycles. The maximum absolute atomic E-state index is 12.3. The van der Waals surface area contributed by atoms with E-state index < -0.39 is 11.7 Å². The lowest BCUT2D eigenvalue weighted by Gasteiger charge is -2.29. The summed E-state index contributed by atoms with van der Waals surface area (Å²) in [6, 6.07) is 10.9. The van der Waals surface area contributed by atoms with Crippen molar-refractivity contribution in [3.05, 3.63) is 66.1 Å². The number of nitrogens with one attached hydrogen (secondary N) is 1. The van der Waals surface area contributed by atoms with E-state index in [1.54, 1.807) is 18.5 Å². The Balaban J connectivity index is 1.43. The fourth-order valence-corrected chi connectivity index (χ4v) is 4.63. The average molecular weight is 491 g/mol. The van der Waals surface area contributed by atoms with Gasteiger partial charge in [0.05, 0.1) is 11.7 Å². The average Bonchev–Trinajstić information content (AvgIpc) is 3.48. The maximum Gasteiger partial charge on any atom is 0.407 e. The van der Waals surface area contributed by atoms with E-state index in [9.17, 15) is 9.90 Å². The molecule has 1 amide bonds. The molecular weight excluding hydrogens is 460 g/mol. The van der Waals surface area contributed by atoms with Gasteiger partial charge in [0.2, 0.25) is 6.79 Å². The van der Waals surface area contributed by atoms with E-state index in [1.807, 2.05) is 57.3 Å². The number of carbonyl (C=O) groups is 1. The summed E-state index contributed by atoms with van der Waals surface area (Å²) in [6.45, 7) is 6.95. The number of fused-ring (bicyclic) bond motifs is 1. The van der Waals surface area contributed by atoms with Crippen LogP contribution in [0.3, 0.4) is 0 Å². The Hall–Kier alpha value is -3.85. The topological polar surface area (TPSA) is 106 Å². The summed E-state index contributed by atoms with van der Waals surface area (Å²) in [5.74, 6) is 1.23. The van der Waals surface area contributed by atoms with Gasteiger partial charge in [-0.15, -0.1) is 0 Å². The number of nitrogens with zero attached hydrogens (tertiary/aromatic N) is 3. The summed E-state index contributed by atoms with van der Waals surface area (Å²) >= 11 is 0. The van der Waals surface area contributed by atoms with E-state index in [2.05, 4.69) is 15.2 Å². The van der Waals surface area contributed by atoms with Crippen molar-refractivity contribution in [1.82, 2.24) is 20.2 Å². The summed E-state index contributed by atoms with van der Waals surface area (Å²) in [4.78, 5) is 23.3. The van der Waals surface area contributed by atoms with Crippen LogP contribution in [0.2, 0.25) is 0 Å². The lowest BCUT2D eigenvalue weighted by molar-refractivity contribution is 0.0505. The first kappa shape index (κ1) is 23.9. The predicted molar refractivity (Wildman–Crippen MR) is 133 cm³/mol. The molecule has 3 aromatic rings. The number of likely N-dealkylation sites (tertiary alicyclic amines) is 1. The van der Waals surface area contributed by atoms with Crippen LogP contribution in [0, 0.1) is 0 Å². The van der Waals surface area contributed by atoms with Crippen molar-refractivity contribution in [1.29, 1.82) is 0 Å². The van der Waals surface area contributed by atoms with Crippen molar-refractivity contribution in [3.63, 3.8) is 0 Å². The Kier molecular flexibility index (Phi) is 6.40. The van der Waals surface area contributed by atoms with Crippen molar-refractivity contribution < 1.29 is 24.1 Å². The summed E-state index contributed by atoms with van der Waals surface area (Å²) in [5, 5.41) is 13.9. The number of carbonyl (C=O) groups excluding carboxylic acids is 1. The highest BCUT2D eigenvalue weighted by Gasteiger charge is 2.34. The van der Waals surface area contributed by atoms with Gasteiger partial charge in [0.25, 0.3) is 0 Å². The molecule has 2 atom stereocenters. The highest BCUT2D eigenvalue weighted by atomic mass is 16.7. The Bertz CT molecular complexity index is 1230. The summed E-state index contributed by atoms with van der Waals surface area (Å²) in [6.07, 6.45) is 5.63. The fourth-order valence-electron chi connectivity index (χ4n) is 4.63. The van der Waals surface area contributed by atoms with Gasteiger partial charge < -0.3 is 24.6 Å². The lowest BCUT2D eigenvalue weighted by Crippen LogP contribution is -2.41. The monoisotopic (exact) mass is 490 g/mol. The first-order chi connectivity index (χ1) is 17.3. The van der Waals surface area contributed by atoms with Crippen LogP contribution in [0.25, 0.3) is 11.3 Å². The number of hydrogen-bond acceptors (Lipinski definition) is 8. The minimum atomic E-state index is -0.564. The Morgan fingerprint density at radius 1 is 1.17 bits per heavy atom. The SMILES string of the molecule is CC(C)(C)OC(=O)N[C@@H]1CCN(C(c2ccc(-c3ccncc3)nc2)c2cc3c(cc2O)OCO3)C1. The largest absolute Gasteiger partial charge is 0.507 e. The molecule has 0 bridgehead atoms. The molecule has 2 aliphatic rings. The molecule has 1 aromatic carbocycles. The predicted octanol–water partition coefficient (Wildman–Crippen LogP) is 4.27. The molecule has 188 valence electrons. The van der Waals surface area contributed by atoms with Crippen LogP contribution >= 0.6 is 0 Å². The minimum Gasteiger partial charge on any atom is -0.507 e. The van der Waals surface area contributed by atoms with Crippen molar-refractivity contribution in [3.8, 4) is 28.5 Å². The van der Waals surface area contributed by atoms with E-state index >= 15 is 0 Å². The zero-order valence-corrected chi connectivity index (χ0v) is 20.6. The minimum absolute atomic E-state index is 0.0810. The first-order valence-corrected chi connectivity index (χ1v) is 12.0. The molecule has 2 aliphatic heterocycles. The number of ether oxygens (including phenoxy) is 3. The highest BCUT2D eigenvalue weighted by molar-refractivity contribution is 5.68. The highest BCUT2D eigenvalue weighted by Crippen LogP contribution is 2.44. The van der Waals surface area contributed by atoms with Crippen LogP contribution in [-0.4, -0.2) is 57.6 Å². The first-order valence-electron chi connectivity index (χ1n) is 12.0. The van der Waals surface area contributed by atoms with Crippen molar-refractivity contribution in [2.75, 3.05) is 19.9 Å². The van der Waals surface area contributed by atoms with Crippen molar-refractivity contribution in [2.45, 2.75) is 44.9 Å². The van der Waals surface area contributed by atoms with E-state index in [0.717, 1.165) is 23.2 Å². The molecule has 2 N–H and O–H groups in total. The molecule has 0 saturated carbocycles. The second kappa shape index (κ2) is 9.66. The molecule has 9 heteroatoms. The molecule has 1 fully saturated rings. The van der Waals surface area contributed by atoms with E-state index in [-0.39, 0.29) is 24.6 Å². The van der Waals surface area contributed by atoms with Crippen LogP contribution in [0.4, 0.5) is 4.79 Å². The Morgan fingerprint density at radius 2 is 1.92 bits per heavy atom. The van der Waals surface area contributed by atoms with E-state index in [1.165, 1.54) is 0 Å². The van der Waals surface area contributed by atoms with Gasteiger partial charge in [0.1, 0.15) is 11.4 Å². The van der Waals surface area contributed by atoms with Gasteiger partial charge >= 0.3 is 6.09 Å². The normalized spacial score (nSPS) is 18.1. The molecule has 1 unspecified atom stereocenters. The summed E-state index contributed by atoms with van der Waals surface area (Å²) in [5.41, 5.74) is 2.85. The zero-order chi connectivity index (χ0) is 25.3. The molecule has 5 rings (SSSR count). The Labute approximate surface area is 210 Å². The fraction of sp³-hybridized carbons (Fsp3) is 0.370. The third-order valence-electron chi connectivity index (χ3n) is 6.20. The van der Waals surface area contributed by atoms with Gasteiger partial charge in [-0.1, -0.05) is 6.07 Å². The molecule has 2 aromatic heterocycles. The standard InChI is InChI=1S/C27H30N4O5/c1-27(2,3)36-26(33)30-19-8-11-31(15-19)25(20-12-23-24(13-22(20)32)35-16-34-23)18-4-5-21(29-14-18)17-6-9-28-10-7-17/h4-7,9-10,12-14,19,25,32H,8,11,15-16H2,1-3H3,(H,30,33)/t19-,25?/m1/s1. The third-order valence-corrected chi connectivity index (χ3v) is 6.20. The zero-order valence-electron chi connectivity index (χ0n) is 20.6. The number of benzene rings is 1. The second-order valence-corrected chi connectivity index (χ2v) is 10.0.